The summed E-state index contributed by atoms with van der Waals surface area (Å²) in [5.41, 5.74) is 2.54. The first-order valence-electron chi connectivity index (χ1n) is 12.9. The Hall–Kier alpha value is -2.82. The molecule has 0 unspecified atom stereocenters. The van der Waals surface area contributed by atoms with Crippen molar-refractivity contribution in [1.82, 2.24) is 4.90 Å². The summed E-state index contributed by atoms with van der Waals surface area (Å²) in [6.45, 7) is 8.50. The largest absolute Gasteiger partial charge is 0.493 e. The summed E-state index contributed by atoms with van der Waals surface area (Å²) in [4.78, 5) is 30.8. The molecule has 5 nitrogen and oxygen atoms in total. The lowest BCUT2D eigenvalue weighted by Gasteiger charge is -2.29. The molecular formula is C29H40N2O3. The van der Waals surface area contributed by atoms with Gasteiger partial charge in [-0.2, -0.15) is 0 Å². The van der Waals surface area contributed by atoms with Gasteiger partial charge in [0.25, 0.3) is 5.91 Å². The first-order valence-corrected chi connectivity index (χ1v) is 12.9. The molecule has 3 rings (SSSR count). The van der Waals surface area contributed by atoms with E-state index in [-0.39, 0.29) is 11.8 Å². The third kappa shape index (κ3) is 7.09. The third-order valence-electron chi connectivity index (χ3n) is 6.29. The lowest BCUT2D eigenvalue weighted by molar-refractivity contribution is -0.119. The molecule has 1 heterocycles. The van der Waals surface area contributed by atoms with Crippen LogP contribution in [0.5, 0.6) is 5.75 Å². The molecule has 184 valence electrons. The molecule has 2 aromatic carbocycles. The van der Waals surface area contributed by atoms with E-state index in [4.69, 9.17) is 4.74 Å². The molecule has 1 aliphatic heterocycles. The molecule has 0 saturated carbocycles. The van der Waals surface area contributed by atoms with Crippen LogP contribution in [0.3, 0.4) is 0 Å². The molecule has 0 saturated heterocycles. The summed E-state index contributed by atoms with van der Waals surface area (Å²) in [6, 6.07) is 15.6. The Balaban J connectivity index is 1.96. The van der Waals surface area contributed by atoms with Gasteiger partial charge in [-0.15, -0.1) is 0 Å². The van der Waals surface area contributed by atoms with E-state index in [1.54, 1.807) is 0 Å². The van der Waals surface area contributed by atoms with Gasteiger partial charge in [0.1, 0.15) is 5.75 Å². The second kappa shape index (κ2) is 13.2. The van der Waals surface area contributed by atoms with Gasteiger partial charge in [-0.05, 0) is 49.4 Å². The van der Waals surface area contributed by atoms with Crippen molar-refractivity contribution >= 4 is 17.5 Å². The molecular weight excluding hydrogens is 424 g/mol. The number of ether oxygens (including phenoxy) is 1. The van der Waals surface area contributed by atoms with Crippen LogP contribution >= 0.6 is 0 Å². The molecule has 0 bridgehead atoms. The SMILES string of the molecule is CCOc1ccccc1C(=O)N1CCCCCCCCN(C(=O)CC(C)C)c2ccccc2C1. The van der Waals surface area contributed by atoms with E-state index in [2.05, 4.69) is 19.9 Å². The van der Waals surface area contributed by atoms with Crippen LogP contribution in [0.1, 0.15) is 81.6 Å². The zero-order valence-electron chi connectivity index (χ0n) is 21.1. The molecule has 0 aromatic heterocycles. The maximum absolute atomic E-state index is 13.7. The van der Waals surface area contributed by atoms with Crippen LogP contribution in [0.15, 0.2) is 48.5 Å². The van der Waals surface area contributed by atoms with Gasteiger partial charge in [0, 0.05) is 31.7 Å². The zero-order valence-corrected chi connectivity index (χ0v) is 21.1. The zero-order chi connectivity index (χ0) is 24.3. The predicted molar refractivity (Wildman–Crippen MR) is 138 cm³/mol. The highest BCUT2D eigenvalue weighted by atomic mass is 16.5. The highest BCUT2D eigenvalue weighted by Gasteiger charge is 2.24. The monoisotopic (exact) mass is 464 g/mol. The molecule has 5 heteroatoms. The van der Waals surface area contributed by atoms with Gasteiger partial charge in [0.15, 0.2) is 0 Å². The van der Waals surface area contributed by atoms with Crippen molar-refractivity contribution in [3.8, 4) is 5.75 Å². The smallest absolute Gasteiger partial charge is 0.257 e. The summed E-state index contributed by atoms with van der Waals surface area (Å²) < 4.78 is 5.76. The van der Waals surface area contributed by atoms with Gasteiger partial charge in [-0.1, -0.05) is 69.9 Å². The number of hydrogen-bond acceptors (Lipinski definition) is 3. The van der Waals surface area contributed by atoms with E-state index in [1.165, 1.54) is 0 Å². The Morgan fingerprint density at radius 3 is 2.26 bits per heavy atom. The van der Waals surface area contributed by atoms with Crippen molar-refractivity contribution < 1.29 is 14.3 Å². The van der Waals surface area contributed by atoms with E-state index >= 15 is 0 Å². The van der Waals surface area contributed by atoms with Crippen molar-refractivity contribution in [2.75, 3.05) is 24.6 Å². The van der Waals surface area contributed by atoms with Gasteiger partial charge in [0.05, 0.1) is 12.2 Å². The number of para-hydroxylation sites is 2. The standard InChI is InChI=1S/C29H40N2O3/c1-4-34-27-18-12-10-16-25(27)29(33)30-19-13-7-5-6-8-14-20-31(28(32)21-23(2)3)26-17-11-9-15-24(26)22-30/h9-12,15-18,23H,4-8,13-14,19-22H2,1-3H3. The third-order valence-corrected chi connectivity index (χ3v) is 6.29. The molecule has 0 spiro atoms. The summed E-state index contributed by atoms with van der Waals surface area (Å²) in [5, 5.41) is 0. The second-order valence-corrected chi connectivity index (χ2v) is 9.55. The van der Waals surface area contributed by atoms with Gasteiger partial charge < -0.3 is 14.5 Å². The van der Waals surface area contributed by atoms with Crippen LogP contribution in [0, 0.1) is 5.92 Å². The summed E-state index contributed by atoms with van der Waals surface area (Å²) >= 11 is 0. The number of rotatable bonds is 5. The fourth-order valence-corrected chi connectivity index (χ4v) is 4.58. The number of benzene rings is 2. The Bertz CT molecular complexity index is 940. The van der Waals surface area contributed by atoms with Crippen molar-refractivity contribution in [2.24, 2.45) is 5.92 Å². The molecule has 34 heavy (non-hydrogen) atoms. The number of carbonyl (C=O) groups excluding carboxylic acids is 2. The number of carbonyl (C=O) groups is 2. The van der Waals surface area contributed by atoms with E-state index in [9.17, 15) is 9.59 Å². The topological polar surface area (TPSA) is 49.9 Å². The molecule has 0 atom stereocenters. The van der Waals surface area contributed by atoms with Crippen LogP contribution in [0.25, 0.3) is 0 Å². The van der Waals surface area contributed by atoms with Crippen molar-refractivity contribution in [3.63, 3.8) is 0 Å². The highest BCUT2D eigenvalue weighted by Crippen LogP contribution is 2.27. The summed E-state index contributed by atoms with van der Waals surface area (Å²) in [5.74, 6) is 1.07. The highest BCUT2D eigenvalue weighted by molar-refractivity contribution is 5.97. The molecule has 0 fully saturated rings. The minimum atomic E-state index is -0.0196. The van der Waals surface area contributed by atoms with E-state index < -0.39 is 0 Å². The fraction of sp³-hybridized carbons (Fsp3) is 0.517. The second-order valence-electron chi connectivity index (χ2n) is 9.55. The normalized spacial score (nSPS) is 15.6. The van der Waals surface area contributed by atoms with Crippen LogP contribution < -0.4 is 9.64 Å². The summed E-state index contributed by atoms with van der Waals surface area (Å²) in [6.07, 6.45) is 7.05. The lowest BCUT2D eigenvalue weighted by Crippen LogP contribution is -2.35. The summed E-state index contributed by atoms with van der Waals surface area (Å²) in [7, 11) is 0. The molecule has 2 amide bonds. The van der Waals surface area contributed by atoms with Gasteiger partial charge in [-0.3, -0.25) is 9.59 Å². The fourth-order valence-electron chi connectivity index (χ4n) is 4.58. The number of anilines is 1. The minimum Gasteiger partial charge on any atom is -0.493 e. The molecule has 0 aliphatic carbocycles. The van der Waals surface area contributed by atoms with Crippen molar-refractivity contribution in [3.05, 3.63) is 59.7 Å². The van der Waals surface area contributed by atoms with Gasteiger partial charge >= 0.3 is 0 Å². The van der Waals surface area contributed by atoms with Crippen molar-refractivity contribution in [2.45, 2.75) is 72.3 Å². The van der Waals surface area contributed by atoms with Crippen LogP contribution in [-0.2, 0) is 11.3 Å². The van der Waals surface area contributed by atoms with Crippen molar-refractivity contribution in [1.29, 1.82) is 0 Å². The van der Waals surface area contributed by atoms with E-state index in [1.807, 2.05) is 59.2 Å². The van der Waals surface area contributed by atoms with Gasteiger partial charge in [-0.25, -0.2) is 0 Å². The average Bonchev–Trinajstić information content (AvgIpc) is 2.84. The maximum atomic E-state index is 13.7. The van der Waals surface area contributed by atoms with Crippen LogP contribution in [-0.4, -0.2) is 36.4 Å². The molecule has 2 aromatic rings. The van der Waals surface area contributed by atoms with Crippen LogP contribution in [0.4, 0.5) is 5.69 Å². The Morgan fingerprint density at radius 2 is 1.53 bits per heavy atom. The molecule has 0 radical (unpaired) electrons. The lowest BCUT2D eigenvalue weighted by atomic mass is 10.1. The molecule has 0 N–H and O–H groups in total. The van der Waals surface area contributed by atoms with Crippen LogP contribution in [0.2, 0.25) is 0 Å². The Kier molecular flexibility index (Phi) is 9.99. The number of amides is 2. The van der Waals surface area contributed by atoms with E-state index in [0.29, 0.717) is 43.3 Å². The quantitative estimate of drug-likeness (QED) is 0.510. The van der Waals surface area contributed by atoms with Gasteiger partial charge in [0.2, 0.25) is 5.91 Å². The maximum Gasteiger partial charge on any atom is 0.257 e. The predicted octanol–water partition coefficient (Wildman–Crippen LogP) is 6.46. The Morgan fingerprint density at radius 1 is 0.882 bits per heavy atom. The average molecular weight is 465 g/mol. The Labute approximate surface area is 205 Å². The first kappa shape index (κ1) is 25.8. The van der Waals surface area contributed by atoms with E-state index in [0.717, 1.165) is 56.3 Å². The number of fused-ring (bicyclic) bond motifs is 1. The first-order chi connectivity index (χ1) is 16.5. The number of nitrogens with zero attached hydrogens (tertiary/aromatic N) is 2. The minimum absolute atomic E-state index is 0.0196. The number of hydrogen-bond donors (Lipinski definition) is 0. The molecule has 1 aliphatic rings.